The molecule has 42 heavy (non-hydrogen) atoms. The van der Waals surface area contributed by atoms with Crippen molar-refractivity contribution in [3.05, 3.63) is 60.7 Å². The van der Waals surface area contributed by atoms with Crippen LogP contribution in [0, 0.1) is 0 Å². The molecule has 1 aromatic carbocycles. The van der Waals surface area contributed by atoms with E-state index in [0.717, 1.165) is 5.69 Å². The first-order valence-electron chi connectivity index (χ1n) is 13.5. The van der Waals surface area contributed by atoms with Crippen molar-refractivity contribution in [3.63, 3.8) is 0 Å². The third-order valence-electron chi connectivity index (χ3n) is 6.83. The number of carbonyl (C=O) groups is 2. The topological polar surface area (TPSA) is 131 Å². The maximum atomic E-state index is 13.3. The van der Waals surface area contributed by atoms with Crippen LogP contribution in [0.2, 0.25) is 0 Å². The Balaban J connectivity index is 1.33. The van der Waals surface area contributed by atoms with Crippen molar-refractivity contribution in [2.75, 3.05) is 50.6 Å². The molecule has 1 aliphatic rings. The lowest BCUT2D eigenvalue weighted by Gasteiger charge is -2.37. The second-order valence-electron chi connectivity index (χ2n) is 10.8. The molecule has 2 N–H and O–H groups in total. The molecule has 2 amide bonds. The van der Waals surface area contributed by atoms with E-state index >= 15 is 0 Å². The molecule has 4 heterocycles. The fraction of sp³-hybridized carbons (Fsp3) is 0.333. The number of hydrogen-bond donors (Lipinski definition) is 2. The zero-order valence-electron chi connectivity index (χ0n) is 24.2. The first kappa shape index (κ1) is 28.5. The summed E-state index contributed by atoms with van der Waals surface area (Å²) in [4.78, 5) is 38.3. The predicted octanol–water partition coefficient (Wildman–Crippen LogP) is 4.45. The summed E-state index contributed by atoms with van der Waals surface area (Å²) in [5, 5.41) is 15.2. The highest BCUT2D eigenvalue weighted by Crippen LogP contribution is 2.38. The van der Waals surface area contributed by atoms with E-state index in [4.69, 9.17) is 14.2 Å². The van der Waals surface area contributed by atoms with Crippen molar-refractivity contribution in [1.82, 2.24) is 19.4 Å². The largest absolute Gasteiger partial charge is 0.494 e. The van der Waals surface area contributed by atoms with Crippen LogP contribution in [-0.2, 0) is 4.74 Å². The summed E-state index contributed by atoms with van der Waals surface area (Å²) in [6.07, 6.45) is 4.62. The molecule has 220 valence electrons. The predicted molar refractivity (Wildman–Crippen MR) is 158 cm³/mol. The number of piperazine rings is 1. The summed E-state index contributed by atoms with van der Waals surface area (Å²) in [5.74, 6) is 0.896. The Morgan fingerprint density at radius 1 is 1.00 bits per heavy atom. The highest BCUT2D eigenvalue weighted by Gasteiger charge is 2.27. The summed E-state index contributed by atoms with van der Waals surface area (Å²) in [7, 11) is 3.07. The van der Waals surface area contributed by atoms with Crippen LogP contribution in [0.15, 0.2) is 55.0 Å². The average molecular weight is 575 g/mol. The minimum Gasteiger partial charge on any atom is -0.494 e. The van der Waals surface area contributed by atoms with E-state index in [1.54, 1.807) is 60.9 Å². The second-order valence-corrected chi connectivity index (χ2v) is 10.8. The minimum absolute atomic E-state index is 0.0453. The Morgan fingerprint density at radius 3 is 2.40 bits per heavy atom. The quantitative estimate of drug-likeness (QED) is 0.343. The van der Waals surface area contributed by atoms with Gasteiger partial charge in [-0.3, -0.25) is 14.3 Å². The molecule has 0 bridgehead atoms. The standard InChI is InChI=1S/C30H34N6O6/c1-30(2,3)42-29(39)35-13-11-34(12-14-35)23-9-10-31-17-22(23)33-27(37)21-7-6-8-26(32-21)36-18-19-15-24(40-4)25(41-5)16-20(19)28(36)38/h6-10,15-18,38H,11-14H2,1-5H3,(H,33,37). The molecule has 0 saturated carbocycles. The van der Waals surface area contributed by atoms with E-state index in [9.17, 15) is 14.7 Å². The molecule has 3 aromatic heterocycles. The molecule has 5 rings (SSSR count). The molecular formula is C30H34N6O6. The fourth-order valence-corrected chi connectivity index (χ4v) is 4.79. The first-order valence-corrected chi connectivity index (χ1v) is 13.5. The summed E-state index contributed by atoms with van der Waals surface area (Å²) in [6.45, 7) is 7.63. The highest BCUT2D eigenvalue weighted by atomic mass is 16.6. The van der Waals surface area contributed by atoms with Crippen LogP contribution in [-0.4, -0.2) is 82.5 Å². The highest BCUT2D eigenvalue weighted by molar-refractivity contribution is 6.04. The summed E-state index contributed by atoms with van der Waals surface area (Å²) < 4.78 is 17.7. The van der Waals surface area contributed by atoms with Crippen LogP contribution in [0.25, 0.3) is 16.6 Å². The average Bonchev–Trinajstić information content (AvgIpc) is 3.31. The number of anilines is 2. The van der Waals surface area contributed by atoms with E-state index in [2.05, 4.69) is 20.2 Å². The third kappa shape index (κ3) is 5.87. The van der Waals surface area contributed by atoms with E-state index in [-0.39, 0.29) is 17.7 Å². The molecule has 0 unspecified atom stereocenters. The van der Waals surface area contributed by atoms with Crippen molar-refractivity contribution in [1.29, 1.82) is 0 Å². The van der Waals surface area contributed by atoms with Gasteiger partial charge in [0, 0.05) is 49.3 Å². The second kappa shape index (κ2) is 11.5. The van der Waals surface area contributed by atoms with Crippen LogP contribution < -0.4 is 19.7 Å². The summed E-state index contributed by atoms with van der Waals surface area (Å²) in [5.41, 5.74) is 0.908. The van der Waals surface area contributed by atoms with Crippen molar-refractivity contribution in [3.8, 4) is 23.2 Å². The molecule has 1 aliphatic heterocycles. The van der Waals surface area contributed by atoms with Crippen LogP contribution in [0.1, 0.15) is 31.3 Å². The number of aromatic nitrogens is 3. The number of amides is 2. The van der Waals surface area contributed by atoms with Crippen molar-refractivity contribution in [2.24, 2.45) is 0 Å². The van der Waals surface area contributed by atoms with Crippen LogP contribution in [0.5, 0.6) is 17.4 Å². The molecule has 0 aliphatic carbocycles. The van der Waals surface area contributed by atoms with Crippen molar-refractivity contribution in [2.45, 2.75) is 26.4 Å². The van der Waals surface area contributed by atoms with Crippen LogP contribution >= 0.6 is 0 Å². The zero-order chi connectivity index (χ0) is 30.0. The van der Waals surface area contributed by atoms with Gasteiger partial charge in [-0.1, -0.05) is 6.07 Å². The molecule has 1 fully saturated rings. The van der Waals surface area contributed by atoms with Gasteiger partial charge in [0.05, 0.1) is 31.8 Å². The number of fused-ring (bicyclic) bond motifs is 1. The van der Waals surface area contributed by atoms with Gasteiger partial charge in [0.1, 0.15) is 17.1 Å². The van der Waals surface area contributed by atoms with Gasteiger partial charge in [0.2, 0.25) is 5.88 Å². The van der Waals surface area contributed by atoms with Gasteiger partial charge in [0.25, 0.3) is 5.91 Å². The van der Waals surface area contributed by atoms with Crippen LogP contribution in [0.4, 0.5) is 16.2 Å². The Morgan fingerprint density at radius 2 is 1.71 bits per heavy atom. The van der Waals surface area contributed by atoms with E-state index in [1.165, 1.54) is 11.7 Å². The molecule has 12 nitrogen and oxygen atoms in total. The number of carbonyl (C=O) groups excluding carboxylic acids is 2. The normalized spacial score (nSPS) is 13.6. The number of ether oxygens (including phenoxy) is 3. The van der Waals surface area contributed by atoms with E-state index < -0.39 is 11.5 Å². The van der Waals surface area contributed by atoms with Crippen LogP contribution in [0.3, 0.4) is 0 Å². The molecule has 0 atom stereocenters. The number of rotatable bonds is 6. The number of nitrogens with zero attached hydrogens (tertiary/aromatic N) is 5. The van der Waals surface area contributed by atoms with Gasteiger partial charge in [-0.2, -0.15) is 0 Å². The number of aromatic hydroxyl groups is 1. The molecule has 4 aromatic rings. The number of hydrogen-bond acceptors (Lipinski definition) is 9. The lowest BCUT2D eigenvalue weighted by Crippen LogP contribution is -2.50. The third-order valence-corrected chi connectivity index (χ3v) is 6.83. The number of benzene rings is 1. The minimum atomic E-state index is -0.559. The number of methoxy groups -OCH3 is 2. The number of pyridine rings is 2. The Bertz CT molecular complexity index is 1620. The van der Waals surface area contributed by atoms with Crippen molar-refractivity contribution < 1.29 is 28.9 Å². The van der Waals surface area contributed by atoms with Crippen molar-refractivity contribution >= 4 is 34.1 Å². The fourth-order valence-electron chi connectivity index (χ4n) is 4.79. The molecule has 12 heteroatoms. The SMILES string of the molecule is COc1cc2cn(-c3cccc(C(=O)Nc4cnccc4N4CCN(C(=O)OC(C)(C)C)CC4)n3)c(O)c2cc1OC. The summed E-state index contributed by atoms with van der Waals surface area (Å²) in [6, 6.07) is 10.3. The van der Waals surface area contributed by atoms with Gasteiger partial charge in [-0.15, -0.1) is 0 Å². The van der Waals surface area contributed by atoms with Gasteiger partial charge in [-0.25, -0.2) is 9.78 Å². The van der Waals surface area contributed by atoms with E-state index in [0.29, 0.717) is 60.0 Å². The van der Waals surface area contributed by atoms with Gasteiger partial charge < -0.3 is 34.4 Å². The zero-order valence-corrected chi connectivity index (χ0v) is 24.2. The van der Waals surface area contributed by atoms with E-state index in [1.807, 2.05) is 26.8 Å². The Labute approximate surface area is 243 Å². The van der Waals surface area contributed by atoms with Gasteiger partial charge in [0.15, 0.2) is 11.5 Å². The summed E-state index contributed by atoms with van der Waals surface area (Å²) >= 11 is 0. The maximum absolute atomic E-state index is 13.3. The van der Waals surface area contributed by atoms with Gasteiger partial charge >= 0.3 is 6.09 Å². The first-order chi connectivity index (χ1) is 20.1. The Hall–Kier alpha value is -5.00. The molecule has 0 spiro atoms. The Kier molecular flexibility index (Phi) is 7.79. The molecular weight excluding hydrogens is 540 g/mol. The van der Waals surface area contributed by atoms with Gasteiger partial charge in [-0.05, 0) is 51.1 Å². The smallest absolute Gasteiger partial charge is 0.410 e. The maximum Gasteiger partial charge on any atom is 0.410 e. The molecule has 1 saturated heterocycles. The lowest BCUT2D eigenvalue weighted by atomic mass is 10.2. The molecule has 0 radical (unpaired) electrons. The lowest BCUT2D eigenvalue weighted by molar-refractivity contribution is 0.0240. The monoisotopic (exact) mass is 574 g/mol. The number of nitrogens with one attached hydrogen (secondary N) is 1.